The SMILES string of the molecule is CCNC(=NCC1CCCO1)NCCN1CCOCC1. The molecular weight excluding hydrogens is 256 g/mol. The van der Waals surface area contributed by atoms with Crippen molar-refractivity contribution in [2.24, 2.45) is 4.99 Å². The normalized spacial score (nSPS) is 24.9. The second kappa shape index (κ2) is 9.15. The molecule has 0 aromatic rings. The van der Waals surface area contributed by atoms with Gasteiger partial charge < -0.3 is 20.1 Å². The molecule has 0 aromatic heterocycles. The highest BCUT2D eigenvalue weighted by Crippen LogP contribution is 2.11. The summed E-state index contributed by atoms with van der Waals surface area (Å²) in [5.41, 5.74) is 0. The molecule has 6 nitrogen and oxygen atoms in total. The Bertz CT molecular complexity index is 287. The van der Waals surface area contributed by atoms with Crippen molar-refractivity contribution < 1.29 is 9.47 Å². The number of hydrogen-bond donors (Lipinski definition) is 2. The molecular formula is C14H28N4O2. The molecule has 6 heteroatoms. The zero-order valence-corrected chi connectivity index (χ0v) is 12.6. The zero-order chi connectivity index (χ0) is 14.0. The van der Waals surface area contributed by atoms with Gasteiger partial charge in [-0.25, -0.2) is 0 Å². The van der Waals surface area contributed by atoms with E-state index in [9.17, 15) is 0 Å². The van der Waals surface area contributed by atoms with Crippen LogP contribution in [0.3, 0.4) is 0 Å². The Morgan fingerprint density at radius 1 is 1.25 bits per heavy atom. The van der Waals surface area contributed by atoms with Crippen molar-refractivity contribution in [1.29, 1.82) is 0 Å². The molecule has 2 heterocycles. The van der Waals surface area contributed by atoms with E-state index in [0.29, 0.717) is 6.10 Å². The van der Waals surface area contributed by atoms with Crippen molar-refractivity contribution in [2.75, 3.05) is 59.1 Å². The first kappa shape index (κ1) is 15.5. The maximum Gasteiger partial charge on any atom is 0.191 e. The van der Waals surface area contributed by atoms with Crippen molar-refractivity contribution in [3.63, 3.8) is 0 Å². The minimum Gasteiger partial charge on any atom is -0.379 e. The number of guanidine groups is 1. The molecule has 20 heavy (non-hydrogen) atoms. The van der Waals surface area contributed by atoms with Crippen molar-refractivity contribution in [3.8, 4) is 0 Å². The summed E-state index contributed by atoms with van der Waals surface area (Å²) in [4.78, 5) is 7.02. The lowest BCUT2D eigenvalue weighted by Gasteiger charge is -2.26. The highest BCUT2D eigenvalue weighted by molar-refractivity contribution is 5.79. The topological polar surface area (TPSA) is 58.1 Å². The Morgan fingerprint density at radius 3 is 2.80 bits per heavy atom. The van der Waals surface area contributed by atoms with Crippen LogP contribution in [-0.2, 0) is 9.47 Å². The Labute approximate surface area is 121 Å². The first-order valence-electron chi connectivity index (χ1n) is 7.82. The molecule has 0 aliphatic carbocycles. The maximum absolute atomic E-state index is 5.60. The molecule has 2 saturated heterocycles. The molecule has 0 aromatic carbocycles. The summed E-state index contributed by atoms with van der Waals surface area (Å²) in [7, 11) is 0. The molecule has 2 aliphatic rings. The van der Waals surface area contributed by atoms with E-state index >= 15 is 0 Å². The quantitative estimate of drug-likeness (QED) is 0.533. The molecule has 0 radical (unpaired) electrons. The summed E-state index contributed by atoms with van der Waals surface area (Å²) in [5, 5.41) is 6.68. The van der Waals surface area contributed by atoms with E-state index in [1.807, 2.05) is 0 Å². The predicted octanol–water partition coefficient (Wildman–Crippen LogP) is 0.0527. The monoisotopic (exact) mass is 284 g/mol. The van der Waals surface area contributed by atoms with Crippen LogP contribution in [0.15, 0.2) is 4.99 Å². The molecule has 2 rings (SSSR count). The van der Waals surface area contributed by atoms with Crippen molar-refractivity contribution in [3.05, 3.63) is 0 Å². The number of rotatable bonds is 6. The van der Waals surface area contributed by atoms with Gasteiger partial charge in [-0.15, -0.1) is 0 Å². The van der Waals surface area contributed by atoms with Gasteiger partial charge in [0, 0.05) is 39.3 Å². The number of morpholine rings is 1. The number of nitrogens with zero attached hydrogens (tertiary/aromatic N) is 2. The largest absolute Gasteiger partial charge is 0.379 e. The standard InChI is InChI=1S/C14H28N4O2/c1-2-15-14(17-12-13-4-3-9-20-13)16-5-6-18-7-10-19-11-8-18/h13H,2-12H2,1H3,(H2,15,16,17). The van der Waals surface area contributed by atoms with E-state index in [1.165, 1.54) is 6.42 Å². The molecule has 0 bridgehead atoms. The number of nitrogens with one attached hydrogen (secondary N) is 2. The first-order chi connectivity index (χ1) is 9.88. The van der Waals surface area contributed by atoms with E-state index in [-0.39, 0.29) is 0 Å². The second-order valence-electron chi connectivity index (χ2n) is 5.24. The number of aliphatic imine (C=N–C) groups is 1. The average molecular weight is 284 g/mol. The van der Waals surface area contributed by atoms with Gasteiger partial charge in [0.2, 0.25) is 0 Å². The van der Waals surface area contributed by atoms with Gasteiger partial charge in [0.25, 0.3) is 0 Å². The first-order valence-corrected chi connectivity index (χ1v) is 7.82. The number of ether oxygens (including phenoxy) is 2. The summed E-state index contributed by atoms with van der Waals surface area (Å²) >= 11 is 0. The molecule has 1 unspecified atom stereocenters. The van der Waals surface area contributed by atoms with Gasteiger partial charge in [-0.2, -0.15) is 0 Å². The highest BCUT2D eigenvalue weighted by atomic mass is 16.5. The fourth-order valence-corrected chi connectivity index (χ4v) is 2.48. The van der Waals surface area contributed by atoms with Gasteiger partial charge in [0.05, 0.1) is 25.9 Å². The third-order valence-corrected chi connectivity index (χ3v) is 3.65. The fourth-order valence-electron chi connectivity index (χ4n) is 2.48. The van der Waals surface area contributed by atoms with Gasteiger partial charge in [-0.1, -0.05) is 0 Å². The minimum absolute atomic E-state index is 0.310. The van der Waals surface area contributed by atoms with E-state index < -0.39 is 0 Å². The van der Waals surface area contributed by atoms with Crippen LogP contribution >= 0.6 is 0 Å². The summed E-state index contributed by atoms with van der Waals surface area (Å²) in [6.07, 6.45) is 2.61. The van der Waals surface area contributed by atoms with Gasteiger partial charge in [-0.05, 0) is 19.8 Å². The maximum atomic E-state index is 5.60. The Morgan fingerprint density at radius 2 is 2.10 bits per heavy atom. The van der Waals surface area contributed by atoms with Gasteiger partial charge in [0.1, 0.15) is 0 Å². The summed E-state index contributed by atoms with van der Waals surface area (Å²) in [6.45, 7) is 10.3. The minimum atomic E-state index is 0.310. The molecule has 1 atom stereocenters. The van der Waals surface area contributed by atoms with Crippen LogP contribution in [0.4, 0.5) is 0 Å². The van der Waals surface area contributed by atoms with Crippen molar-refractivity contribution in [2.45, 2.75) is 25.9 Å². The Hall–Kier alpha value is -0.850. The lowest BCUT2D eigenvalue weighted by Crippen LogP contribution is -2.44. The molecule has 2 N–H and O–H groups in total. The third kappa shape index (κ3) is 5.64. The Kier molecular flexibility index (Phi) is 7.11. The van der Waals surface area contributed by atoms with Gasteiger partial charge in [0.15, 0.2) is 5.96 Å². The zero-order valence-electron chi connectivity index (χ0n) is 12.6. The van der Waals surface area contributed by atoms with Crippen LogP contribution in [0.5, 0.6) is 0 Å². The Balaban J connectivity index is 1.66. The van der Waals surface area contributed by atoms with Crippen LogP contribution in [0.25, 0.3) is 0 Å². The van der Waals surface area contributed by atoms with Crippen molar-refractivity contribution >= 4 is 5.96 Å². The molecule has 2 fully saturated rings. The smallest absolute Gasteiger partial charge is 0.191 e. The van der Waals surface area contributed by atoms with E-state index in [0.717, 1.165) is 71.5 Å². The highest BCUT2D eigenvalue weighted by Gasteiger charge is 2.15. The average Bonchev–Trinajstić information content (AvgIpc) is 2.99. The summed E-state index contributed by atoms with van der Waals surface area (Å²) in [6, 6.07) is 0. The summed E-state index contributed by atoms with van der Waals surface area (Å²) in [5.74, 6) is 0.899. The van der Waals surface area contributed by atoms with E-state index in [4.69, 9.17) is 9.47 Å². The van der Waals surface area contributed by atoms with E-state index in [2.05, 4.69) is 27.4 Å². The molecule has 2 aliphatic heterocycles. The second-order valence-corrected chi connectivity index (χ2v) is 5.24. The lowest BCUT2D eigenvalue weighted by atomic mass is 10.2. The summed E-state index contributed by atoms with van der Waals surface area (Å²) < 4.78 is 10.9. The number of hydrogen-bond acceptors (Lipinski definition) is 4. The molecule has 0 amide bonds. The van der Waals surface area contributed by atoms with Crippen LogP contribution in [0.1, 0.15) is 19.8 Å². The third-order valence-electron chi connectivity index (χ3n) is 3.65. The van der Waals surface area contributed by atoms with Crippen LogP contribution in [0, 0.1) is 0 Å². The van der Waals surface area contributed by atoms with Crippen LogP contribution in [0.2, 0.25) is 0 Å². The van der Waals surface area contributed by atoms with Gasteiger partial charge in [-0.3, -0.25) is 9.89 Å². The molecule has 116 valence electrons. The van der Waals surface area contributed by atoms with Crippen molar-refractivity contribution in [1.82, 2.24) is 15.5 Å². The lowest BCUT2D eigenvalue weighted by molar-refractivity contribution is 0.0389. The van der Waals surface area contributed by atoms with Gasteiger partial charge >= 0.3 is 0 Å². The van der Waals surface area contributed by atoms with Crippen LogP contribution < -0.4 is 10.6 Å². The fraction of sp³-hybridized carbons (Fsp3) is 0.929. The van der Waals surface area contributed by atoms with E-state index in [1.54, 1.807) is 0 Å². The molecule has 0 saturated carbocycles. The van der Waals surface area contributed by atoms with Crippen LogP contribution in [-0.4, -0.2) is 76.1 Å². The molecule has 0 spiro atoms. The predicted molar refractivity (Wildman–Crippen MR) is 80.2 cm³/mol.